The van der Waals surface area contributed by atoms with Crippen LogP contribution in [0.5, 0.6) is 5.75 Å². The lowest BCUT2D eigenvalue weighted by molar-refractivity contribution is -0.122. The van der Waals surface area contributed by atoms with E-state index in [-0.39, 0.29) is 30.7 Å². The standard InChI is InChI=1S/C23H27N3O4/c1-23(2,3)25-22(29)18-10-5-6-11-19(18)24-21(28)15-12-20(27)26(14-15)16-8-7-9-17(13-16)30-4/h5-11,13,15H,12,14H2,1-4H3,(H,24,28)(H,25,29)/t15-/m1/s1. The number of hydrogen-bond donors (Lipinski definition) is 2. The van der Waals surface area contributed by atoms with E-state index >= 15 is 0 Å². The molecule has 30 heavy (non-hydrogen) atoms. The number of rotatable bonds is 5. The highest BCUT2D eigenvalue weighted by molar-refractivity contribution is 6.07. The molecule has 0 aliphatic carbocycles. The summed E-state index contributed by atoms with van der Waals surface area (Å²) >= 11 is 0. The van der Waals surface area contributed by atoms with Gasteiger partial charge >= 0.3 is 0 Å². The number of hydrogen-bond acceptors (Lipinski definition) is 4. The first kappa shape index (κ1) is 21.4. The number of carbonyl (C=O) groups excluding carboxylic acids is 3. The van der Waals surface area contributed by atoms with Crippen LogP contribution < -0.4 is 20.3 Å². The molecule has 0 bridgehead atoms. The number of ether oxygens (including phenoxy) is 1. The zero-order valence-electron chi connectivity index (χ0n) is 17.7. The minimum atomic E-state index is -0.512. The van der Waals surface area contributed by atoms with Gasteiger partial charge in [-0.2, -0.15) is 0 Å². The quantitative estimate of drug-likeness (QED) is 0.794. The normalized spacial score (nSPS) is 16.3. The van der Waals surface area contributed by atoms with Gasteiger partial charge in [0.25, 0.3) is 5.91 Å². The third-order valence-electron chi connectivity index (χ3n) is 4.78. The summed E-state index contributed by atoms with van der Waals surface area (Å²) in [6, 6.07) is 14.0. The summed E-state index contributed by atoms with van der Waals surface area (Å²) < 4.78 is 5.22. The van der Waals surface area contributed by atoms with Gasteiger partial charge in [-0.25, -0.2) is 0 Å². The molecule has 0 unspecified atom stereocenters. The van der Waals surface area contributed by atoms with Gasteiger partial charge in [-0.05, 0) is 45.0 Å². The SMILES string of the molecule is COc1cccc(N2C[C@H](C(=O)Nc3ccccc3C(=O)NC(C)(C)C)CC2=O)c1. The van der Waals surface area contributed by atoms with Crippen LogP contribution in [0.15, 0.2) is 48.5 Å². The highest BCUT2D eigenvalue weighted by Gasteiger charge is 2.35. The molecule has 1 aliphatic rings. The second kappa shape index (κ2) is 8.57. The number of carbonyl (C=O) groups is 3. The van der Waals surface area contributed by atoms with Gasteiger partial charge in [0.1, 0.15) is 5.75 Å². The number of anilines is 2. The number of para-hydroxylation sites is 1. The summed E-state index contributed by atoms with van der Waals surface area (Å²) in [5.41, 5.74) is 1.11. The number of nitrogens with zero attached hydrogens (tertiary/aromatic N) is 1. The van der Waals surface area contributed by atoms with Crippen LogP contribution in [0.4, 0.5) is 11.4 Å². The molecular weight excluding hydrogens is 382 g/mol. The first-order chi connectivity index (χ1) is 14.2. The Morgan fingerprint density at radius 1 is 1.10 bits per heavy atom. The van der Waals surface area contributed by atoms with Crippen molar-refractivity contribution in [2.45, 2.75) is 32.7 Å². The molecule has 3 amide bonds. The van der Waals surface area contributed by atoms with Gasteiger partial charge in [-0.1, -0.05) is 18.2 Å². The maximum atomic E-state index is 12.9. The van der Waals surface area contributed by atoms with Crippen molar-refractivity contribution >= 4 is 29.1 Å². The number of methoxy groups -OCH3 is 1. The summed E-state index contributed by atoms with van der Waals surface area (Å²) in [6.45, 7) is 5.95. The molecule has 0 aromatic heterocycles. The highest BCUT2D eigenvalue weighted by atomic mass is 16.5. The smallest absolute Gasteiger partial charge is 0.253 e. The van der Waals surface area contributed by atoms with Gasteiger partial charge in [-0.3, -0.25) is 14.4 Å². The number of amides is 3. The monoisotopic (exact) mass is 409 g/mol. The highest BCUT2D eigenvalue weighted by Crippen LogP contribution is 2.29. The molecule has 7 heteroatoms. The number of benzene rings is 2. The second-order valence-corrected chi connectivity index (χ2v) is 8.35. The third-order valence-corrected chi connectivity index (χ3v) is 4.78. The molecule has 1 heterocycles. The van der Waals surface area contributed by atoms with Crippen LogP contribution in [0.2, 0.25) is 0 Å². The molecule has 1 saturated heterocycles. The molecule has 3 rings (SSSR count). The lowest BCUT2D eigenvalue weighted by Gasteiger charge is -2.22. The average molecular weight is 409 g/mol. The Labute approximate surface area is 176 Å². The van der Waals surface area contributed by atoms with E-state index in [2.05, 4.69) is 10.6 Å². The van der Waals surface area contributed by atoms with E-state index in [0.29, 0.717) is 22.7 Å². The van der Waals surface area contributed by atoms with Crippen LogP contribution in [-0.2, 0) is 9.59 Å². The zero-order valence-corrected chi connectivity index (χ0v) is 17.7. The maximum absolute atomic E-state index is 12.9. The summed E-state index contributed by atoms with van der Waals surface area (Å²) in [5.74, 6) is -0.541. The van der Waals surface area contributed by atoms with Gasteiger partial charge in [0.15, 0.2) is 0 Å². The van der Waals surface area contributed by atoms with Crippen molar-refractivity contribution in [2.24, 2.45) is 5.92 Å². The van der Waals surface area contributed by atoms with E-state index < -0.39 is 11.5 Å². The lowest BCUT2D eigenvalue weighted by atomic mass is 10.1. The predicted octanol–water partition coefficient (Wildman–Crippen LogP) is 3.22. The van der Waals surface area contributed by atoms with E-state index in [0.717, 1.165) is 0 Å². The molecule has 1 fully saturated rings. The molecule has 2 aromatic rings. The van der Waals surface area contributed by atoms with Crippen LogP contribution in [0.25, 0.3) is 0 Å². The van der Waals surface area contributed by atoms with E-state index in [4.69, 9.17) is 4.74 Å². The fourth-order valence-electron chi connectivity index (χ4n) is 3.34. The molecule has 1 aliphatic heterocycles. The molecule has 2 N–H and O–H groups in total. The minimum Gasteiger partial charge on any atom is -0.497 e. The zero-order chi connectivity index (χ0) is 21.9. The molecule has 0 spiro atoms. The summed E-state index contributed by atoms with van der Waals surface area (Å²) in [6.07, 6.45) is 0.111. The Morgan fingerprint density at radius 3 is 2.53 bits per heavy atom. The topological polar surface area (TPSA) is 87.7 Å². The van der Waals surface area contributed by atoms with E-state index in [1.54, 1.807) is 54.5 Å². The molecule has 7 nitrogen and oxygen atoms in total. The Balaban J connectivity index is 1.73. The summed E-state index contributed by atoms with van der Waals surface area (Å²) in [5, 5.41) is 5.73. The van der Waals surface area contributed by atoms with Crippen LogP contribution in [0.3, 0.4) is 0 Å². The van der Waals surface area contributed by atoms with E-state index in [1.807, 2.05) is 26.8 Å². The number of nitrogens with one attached hydrogen (secondary N) is 2. The van der Waals surface area contributed by atoms with Gasteiger partial charge < -0.3 is 20.3 Å². The Morgan fingerprint density at radius 2 is 1.83 bits per heavy atom. The summed E-state index contributed by atoms with van der Waals surface area (Å²) in [7, 11) is 1.56. The van der Waals surface area contributed by atoms with Crippen LogP contribution in [0, 0.1) is 5.92 Å². The second-order valence-electron chi connectivity index (χ2n) is 8.35. The fourth-order valence-corrected chi connectivity index (χ4v) is 3.34. The van der Waals surface area contributed by atoms with Gasteiger partial charge in [0.2, 0.25) is 11.8 Å². The summed E-state index contributed by atoms with van der Waals surface area (Å²) in [4.78, 5) is 39.6. The van der Waals surface area contributed by atoms with Crippen molar-refractivity contribution in [1.82, 2.24) is 5.32 Å². The Kier molecular flexibility index (Phi) is 6.10. The first-order valence-corrected chi connectivity index (χ1v) is 9.85. The predicted molar refractivity (Wildman–Crippen MR) is 116 cm³/mol. The van der Waals surface area contributed by atoms with Crippen molar-refractivity contribution in [3.05, 3.63) is 54.1 Å². The van der Waals surface area contributed by atoms with Crippen LogP contribution in [0.1, 0.15) is 37.6 Å². The fraction of sp³-hybridized carbons (Fsp3) is 0.348. The molecule has 0 radical (unpaired) electrons. The van der Waals surface area contributed by atoms with E-state index in [9.17, 15) is 14.4 Å². The Hall–Kier alpha value is -3.35. The molecule has 2 aromatic carbocycles. The van der Waals surface area contributed by atoms with Gasteiger partial charge in [0.05, 0.1) is 24.3 Å². The first-order valence-electron chi connectivity index (χ1n) is 9.85. The van der Waals surface area contributed by atoms with Crippen molar-refractivity contribution < 1.29 is 19.1 Å². The van der Waals surface area contributed by atoms with Gasteiger partial charge in [-0.15, -0.1) is 0 Å². The van der Waals surface area contributed by atoms with E-state index in [1.165, 1.54) is 0 Å². The van der Waals surface area contributed by atoms with Crippen LogP contribution >= 0.6 is 0 Å². The Bertz CT molecular complexity index is 965. The molecule has 1 atom stereocenters. The average Bonchev–Trinajstić information content (AvgIpc) is 3.09. The third kappa shape index (κ3) is 4.97. The van der Waals surface area contributed by atoms with Crippen molar-refractivity contribution in [1.29, 1.82) is 0 Å². The van der Waals surface area contributed by atoms with Crippen molar-refractivity contribution in [3.8, 4) is 5.75 Å². The van der Waals surface area contributed by atoms with Crippen LogP contribution in [-0.4, -0.2) is 36.9 Å². The molecular formula is C23H27N3O4. The maximum Gasteiger partial charge on any atom is 0.253 e. The van der Waals surface area contributed by atoms with Crippen molar-refractivity contribution in [2.75, 3.05) is 23.9 Å². The lowest BCUT2D eigenvalue weighted by Crippen LogP contribution is -2.41. The molecule has 0 saturated carbocycles. The molecule has 158 valence electrons. The minimum absolute atomic E-state index is 0.111. The van der Waals surface area contributed by atoms with Gasteiger partial charge in [0, 0.05) is 30.3 Å². The largest absolute Gasteiger partial charge is 0.497 e. The van der Waals surface area contributed by atoms with Crippen molar-refractivity contribution in [3.63, 3.8) is 0 Å².